The fraction of sp³-hybridized carbons (Fsp3) is 0.833. The molecule has 3 atom stereocenters. The zero-order valence-corrected chi connectivity index (χ0v) is 9.29. The van der Waals surface area contributed by atoms with E-state index in [9.17, 15) is 4.79 Å². The summed E-state index contributed by atoms with van der Waals surface area (Å²) in [6.07, 6.45) is 0.620. The molecule has 0 aromatic heterocycles. The molecule has 0 fully saturated rings. The first kappa shape index (κ1) is 12.6. The fourth-order valence-electron chi connectivity index (χ4n) is 0.581. The van der Waals surface area contributed by atoms with Crippen molar-refractivity contribution in [3.8, 4) is 0 Å². The van der Waals surface area contributed by atoms with Crippen molar-refractivity contribution in [1.82, 2.24) is 0 Å². The van der Waals surface area contributed by atoms with Gasteiger partial charge in [0, 0.05) is 0 Å². The minimum atomic E-state index is -1.01. The van der Waals surface area contributed by atoms with Gasteiger partial charge in [0.15, 0.2) is 5.38 Å². The van der Waals surface area contributed by atoms with E-state index < -0.39 is 16.7 Å². The quantitative estimate of drug-likeness (QED) is 0.721. The molecule has 0 aliphatic rings. The molecule has 12 heavy (non-hydrogen) atoms. The van der Waals surface area contributed by atoms with Gasteiger partial charge in [-0.3, -0.25) is 0 Å². The van der Waals surface area contributed by atoms with Crippen LogP contribution in [0.5, 0.6) is 0 Å². The molecule has 0 aliphatic heterocycles. The molecular formula is C6H8Cl4O2. The number of rotatable bonds is 4. The molecule has 0 bridgehead atoms. The third kappa shape index (κ3) is 3.56. The lowest BCUT2D eigenvalue weighted by Gasteiger charge is -2.16. The molecule has 0 aliphatic carbocycles. The van der Waals surface area contributed by atoms with E-state index >= 15 is 0 Å². The highest BCUT2D eigenvalue weighted by Crippen LogP contribution is 2.22. The van der Waals surface area contributed by atoms with Gasteiger partial charge < -0.3 is 4.29 Å². The highest BCUT2D eigenvalue weighted by atomic mass is 35.5. The van der Waals surface area contributed by atoms with Crippen LogP contribution in [0.4, 0.5) is 0 Å². The maximum absolute atomic E-state index is 10.7. The van der Waals surface area contributed by atoms with Crippen molar-refractivity contribution in [1.29, 1.82) is 0 Å². The number of alkyl halides is 3. The molecule has 3 unspecified atom stereocenters. The van der Waals surface area contributed by atoms with Crippen molar-refractivity contribution in [2.24, 2.45) is 0 Å². The maximum Gasteiger partial charge on any atom is 0.343 e. The Morgan fingerprint density at radius 2 is 1.92 bits per heavy atom. The van der Waals surface area contributed by atoms with E-state index in [0.717, 1.165) is 0 Å². The lowest BCUT2D eigenvalue weighted by atomic mass is 10.2. The number of hydrogen-bond acceptors (Lipinski definition) is 2. The summed E-state index contributed by atoms with van der Waals surface area (Å²) in [6.45, 7) is 1.84. The van der Waals surface area contributed by atoms with Crippen LogP contribution < -0.4 is 0 Å². The van der Waals surface area contributed by atoms with Gasteiger partial charge >= 0.3 is 5.97 Å². The van der Waals surface area contributed by atoms with E-state index in [1.807, 2.05) is 6.92 Å². The first-order chi connectivity index (χ1) is 5.54. The van der Waals surface area contributed by atoms with Gasteiger partial charge in [0.2, 0.25) is 0 Å². The van der Waals surface area contributed by atoms with Gasteiger partial charge in [0.1, 0.15) is 11.9 Å². The van der Waals surface area contributed by atoms with Crippen LogP contribution in [-0.4, -0.2) is 22.1 Å². The molecule has 0 N–H and O–H groups in total. The Morgan fingerprint density at radius 3 is 2.25 bits per heavy atom. The van der Waals surface area contributed by atoms with Gasteiger partial charge in [0.05, 0.1) is 10.8 Å². The summed E-state index contributed by atoms with van der Waals surface area (Å²) in [7, 11) is 0. The Labute approximate surface area is 91.2 Å². The second kappa shape index (κ2) is 6.14. The van der Waals surface area contributed by atoms with Crippen LogP contribution in [0.25, 0.3) is 0 Å². The molecular weight excluding hydrogens is 246 g/mol. The first-order valence-electron chi connectivity index (χ1n) is 3.29. The van der Waals surface area contributed by atoms with Crippen LogP contribution >= 0.6 is 46.7 Å². The molecule has 72 valence electrons. The van der Waals surface area contributed by atoms with E-state index in [0.29, 0.717) is 6.42 Å². The van der Waals surface area contributed by atoms with Crippen LogP contribution in [0.15, 0.2) is 0 Å². The monoisotopic (exact) mass is 252 g/mol. The number of carbonyl (C=O) groups excluding carboxylic acids is 1. The fourth-order valence-corrected chi connectivity index (χ4v) is 1.44. The Hall–Kier alpha value is 0.630. The molecule has 0 heterocycles. The summed E-state index contributed by atoms with van der Waals surface area (Å²) in [4.78, 5) is 10.7. The van der Waals surface area contributed by atoms with Crippen molar-refractivity contribution in [2.75, 3.05) is 0 Å². The lowest BCUT2D eigenvalue weighted by Crippen LogP contribution is -2.31. The molecule has 0 amide bonds. The van der Waals surface area contributed by atoms with E-state index in [1.165, 1.54) is 0 Å². The van der Waals surface area contributed by atoms with Gasteiger partial charge in [-0.2, -0.15) is 0 Å². The number of halogens is 4. The van der Waals surface area contributed by atoms with Gasteiger partial charge in [-0.25, -0.2) is 4.79 Å². The first-order valence-corrected chi connectivity index (χ1v) is 4.91. The smallest absolute Gasteiger partial charge is 0.343 e. The second-order valence-corrected chi connectivity index (χ2v) is 3.86. The van der Waals surface area contributed by atoms with E-state index in [-0.39, 0.29) is 5.38 Å². The summed E-state index contributed by atoms with van der Waals surface area (Å²) < 4.78 is 3.89. The average molecular weight is 254 g/mol. The van der Waals surface area contributed by atoms with Crippen molar-refractivity contribution in [3.05, 3.63) is 0 Å². The van der Waals surface area contributed by atoms with Crippen molar-refractivity contribution in [3.63, 3.8) is 0 Å². The summed E-state index contributed by atoms with van der Waals surface area (Å²) in [5, 5.41) is -2.05. The van der Waals surface area contributed by atoms with Gasteiger partial charge in [-0.1, -0.05) is 6.92 Å². The predicted molar refractivity (Wildman–Crippen MR) is 51.2 cm³/mol. The summed E-state index contributed by atoms with van der Waals surface area (Å²) in [5.41, 5.74) is 0. The van der Waals surface area contributed by atoms with E-state index in [4.69, 9.17) is 46.7 Å². The predicted octanol–water partition coefficient (Wildman–Crippen LogP) is 2.92. The third-order valence-electron chi connectivity index (χ3n) is 1.32. The number of carbonyl (C=O) groups is 1. The Balaban J connectivity index is 4.08. The molecule has 0 saturated carbocycles. The van der Waals surface area contributed by atoms with Crippen LogP contribution in [0.3, 0.4) is 0 Å². The van der Waals surface area contributed by atoms with Gasteiger partial charge in [-0.15, -0.1) is 34.8 Å². The molecule has 2 nitrogen and oxygen atoms in total. The summed E-state index contributed by atoms with van der Waals surface area (Å²) in [6, 6.07) is 0. The van der Waals surface area contributed by atoms with Gasteiger partial charge in [0.25, 0.3) is 0 Å². The van der Waals surface area contributed by atoms with Gasteiger partial charge in [-0.05, 0) is 6.42 Å². The maximum atomic E-state index is 10.7. The minimum absolute atomic E-state index is 0.370. The van der Waals surface area contributed by atoms with Crippen LogP contribution in [0.2, 0.25) is 0 Å². The average Bonchev–Trinajstić information content (AvgIpc) is 2.12. The highest BCUT2D eigenvalue weighted by molar-refractivity contribution is 6.40. The van der Waals surface area contributed by atoms with E-state index in [2.05, 4.69) is 4.29 Å². The number of hydrogen-bond donors (Lipinski definition) is 0. The molecule has 0 rings (SSSR count). The largest absolute Gasteiger partial charge is 0.346 e. The van der Waals surface area contributed by atoms with Crippen LogP contribution in [0, 0.1) is 0 Å². The minimum Gasteiger partial charge on any atom is -0.346 e. The normalized spacial score (nSPS) is 18.1. The zero-order chi connectivity index (χ0) is 9.72. The topological polar surface area (TPSA) is 26.3 Å². The Kier molecular flexibility index (Phi) is 6.46. The van der Waals surface area contributed by atoms with Crippen molar-refractivity contribution in [2.45, 2.75) is 29.5 Å². The third-order valence-corrected chi connectivity index (χ3v) is 3.31. The Bertz CT molecular complexity index is 152. The van der Waals surface area contributed by atoms with Crippen molar-refractivity contribution < 1.29 is 9.08 Å². The molecule has 6 heteroatoms. The molecule has 0 radical (unpaired) electrons. The van der Waals surface area contributed by atoms with E-state index in [1.54, 1.807) is 0 Å². The zero-order valence-electron chi connectivity index (χ0n) is 6.27. The molecule has 0 saturated heterocycles. The molecule has 0 spiro atoms. The molecule has 0 aromatic carbocycles. The van der Waals surface area contributed by atoms with Crippen LogP contribution in [0.1, 0.15) is 13.3 Å². The second-order valence-electron chi connectivity index (χ2n) is 2.17. The highest BCUT2D eigenvalue weighted by Gasteiger charge is 2.30. The summed E-state index contributed by atoms with van der Waals surface area (Å²) in [5.74, 6) is -0.780. The van der Waals surface area contributed by atoms with Crippen molar-refractivity contribution >= 4 is 52.6 Å². The molecule has 0 aromatic rings. The standard InChI is InChI=1S/C6H8Cl4O2/c1-2-3(7)4(8)5(9)6(11)12-10/h3-5H,2H2,1H3. The van der Waals surface area contributed by atoms with Crippen LogP contribution in [-0.2, 0) is 9.08 Å². The summed E-state index contributed by atoms with van der Waals surface area (Å²) >= 11 is 21.9. The Morgan fingerprint density at radius 1 is 1.42 bits per heavy atom. The SMILES string of the molecule is CCC(Cl)C(Cl)C(Cl)C(=O)OCl. The lowest BCUT2D eigenvalue weighted by molar-refractivity contribution is -0.133.